The third kappa shape index (κ3) is 2.28. The van der Waals surface area contributed by atoms with Crippen molar-refractivity contribution < 1.29 is 9.59 Å². The van der Waals surface area contributed by atoms with Crippen molar-refractivity contribution >= 4 is 11.7 Å². The van der Waals surface area contributed by atoms with Gasteiger partial charge in [0.05, 0.1) is 6.54 Å². The van der Waals surface area contributed by atoms with E-state index >= 15 is 0 Å². The fourth-order valence-corrected chi connectivity index (χ4v) is 2.31. The number of piperidine rings is 1. The molecular formula is C13H21NO2. The molecule has 1 saturated carbocycles. The topological polar surface area (TPSA) is 37.4 Å². The Morgan fingerprint density at radius 1 is 1.44 bits per heavy atom. The van der Waals surface area contributed by atoms with Crippen LogP contribution in [-0.4, -0.2) is 29.7 Å². The molecule has 2 aliphatic rings. The van der Waals surface area contributed by atoms with Gasteiger partial charge in [0, 0.05) is 18.4 Å². The number of carbonyl (C=O) groups is 2. The molecule has 0 bridgehead atoms. The minimum absolute atomic E-state index is 0.188. The minimum Gasteiger partial charge on any atom is -0.335 e. The Hall–Kier alpha value is -0.860. The van der Waals surface area contributed by atoms with Crippen molar-refractivity contribution in [3.63, 3.8) is 0 Å². The molecule has 0 radical (unpaired) electrons. The van der Waals surface area contributed by atoms with Gasteiger partial charge in [-0.2, -0.15) is 0 Å². The maximum absolute atomic E-state index is 11.9. The maximum Gasteiger partial charge on any atom is 0.223 e. The van der Waals surface area contributed by atoms with E-state index in [0.29, 0.717) is 18.9 Å². The van der Waals surface area contributed by atoms with E-state index in [1.165, 1.54) is 19.3 Å². The minimum atomic E-state index is -0.229. The molecule has 1 aliphatic heterocycles. The number of carbonyl (C=O) groups excluding carboxylic acids is 2. The molecule has 16 heavy (non-hydrogen) atoms. The van der Waals surface area contributed by atoms with Crippen LogP contribution in [0.15, 0.2) is 0 Å². The van der Waals surface area contributed by atoms with Crippen molar-refractivity contribution in [3.8, 4) is 0 Å². The van der Waals surface area contributed by atoms with Gasteiger partial charge in [-0.3, -0.25) is 9.59 Å². The lowest BCUT2D eigenvalue weighted by Crippen LogP contribution is -2.48. The smallest absolute Gasteiger partial charge is 0.223 e. The molecule has 0 aromatic heterocycles. The molecular weight excluding hydrogens is 202 g/mol. The van der Waals surface area contributed by atoms with Gasteiger partial charge in [-0.05, 0) is 25.2 Å². The molecule has 3 nitrogen and oxygen atoms in total. The van der Waals surface area contributed by atoms with Gasteiger partial charge in [0.2, 0.25) is 5.91 Å². The number of nitrogens with zero attached hydrogens (tertiary/aromatic N) is 1. The second-order valence-corrected chi connectivity index (χ2v) is 5.87. The first-order valence-corrected chi connectivity index (χ1v) is 6.30. The number of Topliss-reactive ketones (excluding diaryl/α,β-unsaturated/α-hetero) is 1. The zero-order chi connectivity index (χ0) is 11.8. The quantitative estimate of drug-likeness (QED) is 0.718. The van der Waals surface area contributed by atoms with Crippen LogP contribution in [0.3, 0.4) is 0 Å². The summed E-state index contributed by atoms with van der Waals surface area (Å²) in [6.45, 7) is 5.04. The van der Waals surface area contributed by atoms with Crippen LogP contribution in [-0.2, 0) is 9.59 Å². The van der Waals surface area contributed by atoms with Crippen LogP contribution in [0.4, 0.5) is 0 Å². The molecule has 0 unspecified atom stereocenters. The summed E-state index contributed by atoms with van der Waals surface area (Å²) >= 11 is 0. The number of hydrogen-bond acceptors (Lipinski definition) is 2. The van der Waals surface area contributed by atoms with E-state index in [0.717, 1.165) is 13.0 Å². The van der Waals surface area contributed by atoms with Crippen LogP contribution in [0.25, 0.3) is 0 Å². The second kappa shape index (κ2) is 4.19. The molecule has 0 N–H and O–H groups in total. The maximum atomic E-state index is 11.9. The van der Waals surface area contributed by atoms with Crippen LogP contribution < -0.4 is 0 Å². The summed E-state index contributed by atoms with van der Waals surface area (Å²) in [6.07, 6.45) is 5.12. The van der Waals surface area contributed by atoms with Crippen molar-refractivity contribution in [1.82, 2.24) is 4.90 Å². The Kier molecular flexibility index (Phi) is 3.04. The van der Waals surface area contributed by atoms with Crippen molar-refractivity contribution in [1.29, 1.82) is 0 Å². The van der Waals surface area contributed by atoms with Crippen LogP contribution in [0.2, 0.25) is 0 Å². The van der Waals surface area contributed by atoms with Gasteiger partial charge >= 0.3 is 0 Å². The summed E-state index contributed by atoms with van der Waals surface area (Å²) in [5.74, 6) is 0.992. The Morgan fingerprint density at radius 2 is 2.12 bits per heavy atom. The molecule has 0 spiro atoms. The van der Waals surface area contributed by atoms with Crippen LogP contribution in [0.1, 0.15) is 46.0 Å². The van der Waals surface area contributed by atoms with E-state index < -0.39 is 0 Å². The zero-order valence-electron chi connectivity index (χ0n) is 10.3. The lowest BCUT2D eigenvalue weighted by atomic mass is 9.80. The molecule has 3 heteroatoms. The lowest BCUT2D eigenvalue weighted by molar-refractivity contribution is -0.143. The first-order chi connectivity index (χ1) is 7.49. The Labute approximate surface area is 97.2 Å². The van der Waals surface area contributed by atoms with E-state index in [1.54, 1.807) is 4.90 Å². The van der Waals surface area contributed by atoms with Crippen LogP contribution in [0, 0.1) is 11.3 Å². The fourth-order valence-electron chi connectivity index (χ4n) is 2.31. The summed E-state index contributed by atoms with van der Waals surface area (Å²) in [6, 6.07) is 0. The first-order valence-electron chi connectivity index (χ1n) is 6.30. The molecule has 1 aliphatic carbocycles. The number of hydrogen-bond donors (Lipinski definition) is 0. The van der Waals surface area contributed by atoms with E-state index in [4.69, 9.17) is 0 Å². The Balaban J connectivity index is 1.86. The summed E-state index contributed by atoms with van der Waals surface area (Å²) in [5.41, 5.74) is -0.229. The first kappa shape index (κ1) is 11.6. The van der Waals surface area contributed by atoms with E-state index in [2.05, 4.69) is 0 Å². The fraction of sp³-hybridized carbons (Fsp3) is 0.846. The van der Waals surface area contributed by atoms with Gasteiger partial charge in [-0.15, -0.1) is 0 Å². The Morgan fingerprint density at radius 3 is 2.62 bits per heavy atom. The van der Waals surface area contributed by atoms with Gasteiger partial charge < -0.3 is 4.90 Å². The number of amides is 1. The van der Waals surface area contributed by atoms with E-state index in [9.17, 15) is 9.59 Å². The average Bonchev–Trinajstić information content (AvgIpc) is 2.15. The molecule has 1 heterocycles. The molecule has 0 atom stereocenters. The van der Waals surface area contributed by atoms with Crippen molar-refractivity contribution in [2.24, 2.45) is 11.3 Å². The largest absolute Gasteiger partial charge is 0.335 e. The average molecular weight is 223 g/mol. The molecule has 0 aromatic rings. The van der Waals surface area contributed by atoms with E-state index in [-0.39, 0.29) is 17.1 Å². The summed E-state index contributed by atoms with van der Waals surface area (Å²) in [5, 5.41) is 0. The van der Waals surface area contributed by atoms with Gasteiger partial charge in [0.1, 0.15) is 0 Å². The molecule has 1 amide bonds. The number of rotatable bonds is 2. The molecule has 2 fully saturated rings. The highest BCUT2D eigenvalue weighted by Gasteiger charge is 2.36. The molecule has 1 saturated heterocycles. The zero-order valence-corrected chi connectivity index (χ0v) is 10.3. The highest BCUT2D eigenvalue weighted by molar-refractivity contribution is 5.90. The van der Waals surface area contributed by atoms with Crippen molar-refractivity contribution in [2.45, 2.75) is 46.0 Å². The molecule has 2 rings (SSSR count). The van der Waals surface area contributed by atoms with Crippen molar-refractivity contribution in [3.05, 3.63) is 0 Å². The van der Waals surface area contributed by atoms with E-state index in [1.807, 2.05) is 13.8 Å². The predicted molar refractivity (Wildman–Crippen MR) is 61.9 cm³/mol. The van der Waals surface area contributed by atoms with Gasteiger partial charge in [-0.1, -0.05) is 20.3 Å². The van der Waals surface area contributed by atoms with Crippen LogP contribution in [0.5, 0.6) is 0 Å². The SMILES string of the molecule is CC1(C)CCN(C(=O)CC2CCC2)CC1=O. The van der Waals surface area contributed by atoms with Crippen LogP contribution >= 0.6 is 0 Å². The normalized spacial score (nSPS) is 25.4. The third-order valence-corrected chi connectivity index (χ3v) is 4.14. The Bertz CT molecular complexity index is 305. The highest BCUT2D eigenvalue weighted by atomic mass is 16.2. The highest BCUT2D eigenvalue weighted by Crippen LogP contribution is 2.31. The van der Waals surface area contributed by atoms with Gasteiger partial charge in [0.25, 0.3) is 0 Å². The van der Waals surface area contributed by atoms with Gasteiger partial charge in [-0.25, -0.2) is 0 Å². The lowest BCUT2D eigenvalue weighted by Gasteiger charge is -2.36. The third-order valence-electron chi connectivity index (χ3n) is 4.14. The number of ketones is 1. The second-order valence-electron chi connectivity index (χ2n) is 5.87. The summed E-state index contributed by atoms with van der Waals surface area (Å²) < 4.78 is 0. The molecule has 90 valence electrons. The molecule has 0 aromatic carbocycles. The van der Waals surface area contributed by atoms with Gasteiger partial charge in [0.15, 0.2) is 5.78 Å². The van der Waals surface area contributed by atoms with Crippen molar-refractivity contribution in [2.75, 3.05) is 13.1 Å². The predicted octanol–water partition coefficient (Wildman–Crippen LogP) is 2.00. The monoisotopic (exact) mass is 223 g/mol. The standard InChI is InChI=1S/C13H21NO2/c1-13(2)6-7-14(9-11(13)15)12(16)8-10-4-3-5-10/h10H,3-9H2,1-2H3. The summed E-state index contributed by atoms with van der Waals surface area (Å²) in [4.78, 5) is 25.5. The summed E-state index contributed by atoms with van der Waals surface area (Å²) in [7, 11) is 0. The number of likely N-dealkylation sites (tertiary alicyclic amines) is 1.